The minimum Gasteiger partial charge on any atom is -0.366 e. The Balaban J connectivity index is 1.96. The predicted octanol–water partition coefficient (Wildman–Crippen LogP) is 0.908. The van der Waals surface area contributed by atoms with E-state index in [-0.39, 0.29) is 5.56 Å². The van der Waals surface area contributed by atoms with Gasteiger partial charge in [-0.25, -0.2) is 9.97 Å². The topological polar surface area (TPSA) is 85.7 Å². The summed E-state index contributed by atoms with van der Waals surface area (Å²) < 4.78 is 0. The fourth-order valence-corrected chi connectivity index (χ4v) is 2.45. The minimum atomic E-state index is -0.0771. The molecule has 100 valence electrons. The molecule has 0 saturated heterocycles. The number of aromatic amines is 1. The van der Waals surface area contributed by atoms with E-state index < -0.39 is 0 Å². The Morgan fingerprint density at radius 3 is 3.15 bits per heavy atom. The van der Waals surface area contributed by atoms with E-state index in [1.54, 1.807) is 19.2 Å². The van der Waals surface area contributed by atoms with Crippen LogP contribution < -0.4 is 10.5 Å². The maximum atomic E-state index is 12.0. The molecular weight excluding hydrogens is 254 g/mol. The molecule has 0 aromatic carbocycles. The first kappa shape index (κ1) is 12.4. The first-order chi connectivity index (χ1) is 9.67. The highest BCUT2D eigenvalue weighted by atomic mass is 16.1. The van der Waals surface area contributed by atoms with Crippen molar-refractivity contribution in [1.82, 2.24) is 15.0 Å². The summed E-state index contributed by atoms with van der Waals surface area (Å²) >= 11 is 0. The molecule has 1 aliphatic rings. The molecule has 0 atom stereocenters. The van der Waals surface area contributed by atoms with E-state index >= 15 is 0 Å². The van der Waals surface area contributed by atoms with E-state index in [1.165, 1.54) is 0 Å². The molecule has 2 aromatic rings. The number of pyridine rings is 1. The van der Waals surface area contributed by atoms with Gasteiger partial charge in [0.15, 0.2) is 0 Å². The first-order valence-corrected chi connectivity index (χ1v) is 6.37. The number of fused-ring (bicyclic) bond motifs is 1. The lowest BCUT2D eigenvalue weighted by Gasteiger charge is -2.29. The molecule has 0 unspecified atom stereocenters. The van der Waals surface area contributed by atoms with E-state index in [4.69, 9.17) is 5.26 Å². The molecule has 0 amide bonds. The molecule has 3 heterocycles. The van der Waals surface area contributed by atoms with Gasteiger partial charge in [-0.3, -0.25) is 4.79 Å². The van der Waals surface area contributed by atoms with Crippen LogP contribution in [0.5, 0.6) is 0 Å². The number of aromatic nitrogens is 3. The lowest BCUT2D eigenvalue weighted by molar-refractivity contribution is 0.691. The molecular formula is C14H13N5O. The molecule has 3 rings (SSSR count). The van der Waals surface area contributed by atoms with Crippen molar-refractivity contribution in [3.8, 4) is 6.07 Å². The first-order valence-electron chi connectivity index (χ1n) is 6.37. The van der Waals surface area contributed by atoms with E-state index in [9.17, 15) is 4.79 Å². The quantitative estimate of drug-likeness (QED) is 0.830. The number of rotatable bonds is 1. The number of hydrogen-bond donors (Lipinski definition) is 1. The van der Waals surface area contributed by atoms with Crippen LogP contribution in [0.4, 0.5) is 5.69 Å². The van der Waals surface area contributed by atoms with Crippen molar-refractivity contribution >= 4 is 5.69 Å². The number of hydrogen-bond acceptors (Lipinski definition) is 5. The van der Waals surface area contributed by atoms with Crippen LogP contribution in [-0.2, 0) is 13.0 Å². The Bertz CT molecular complexity index is 759. The number of aryl methyl sites for hydroxylation is 1. The van der Waals surface area contributed by atoms with Crippen molar-refractivity contribution in [3.63, 3.8) is 0 Å². The van der Waals surface area contributed by atoms with Crippen LogP contribution in [-0.4, -0.2) is 21.5 Å². The molecule has 6 heteroatoms. The molecule has 1 N–H and O–H groups in total. The van der Waals surface area contributed by atoms with E-state index in [2.05, 4.69) is 19.9 Å². The Labute approximate surface area is 115 Å². The van der Waals surface area contributed by atoms with Gasteiger partial charge < -0.3 is 9.88 Å². The van der Waals surface area contributed by atoms with Gasteiger partial charge in [0.05, 0.1) is 17.8 Å². The van der Waals surface area contributed by atoms with Gasteiger partial charge in [-0.05, 0) is 19.1 Å². The molecule has 0 fully saturated rings. The highest BCUT2D eigenvalue weighted by Crippen LogP contribution is 2.21. The molecule has 20 heavy (non-hydrogen) atoms. The minimum absolute atomic E-state index is 0.0771. The summed E-state index contributed by atoms with van der Waals surface area (Å²) in [4.78, 5) is 25.1. The van der Waals surface area contributed by atoms with Gasteiger partial charge in [0.1, 0.15) is 17.6 Å². The number of nitrogens with one attached hydrogen (secondary N) is 1. The third kappa shape index (κ3) is 2.14. The summed E-state index contributed by atoms with van der Waals surface area (Å²) in [5, 5.41) is 8.90. The summed E-state index contributed by atoms with van der Waals surface area (Å²) in [6.45, 7) is 3.07. The molecule has 1 aliphatic heterocycles. The Morgan fingerprint density at radius 2 is 2.35 bits per heavy atom. The second-order valence-electron chi connectivity index (χ2n) is 4.76. The maximum Gasteiger partial charge on any atom is 0.256 e. The fraction of sp³-hybridized carbons (Fsp3) is 0.286. The Kier molecular flexibility index (Phi) is 2.95. The molecule has 0 aliphatic carbocycles. The van der Waals surface area contributed by atoms with Crippen molar-refractivity contribution in [2.24, 2.45) is 0 Å². The lowest BCUT2D eigenvalue weighted by Crippen LogP contribution is -2.36. The van der Waals surface area contributed by atoms with Crippen LogP contribution in [0.1, 0.15) is 22.8 Å². The summed E-state index contributed by atoms with van der Waals surface area (Å²) in [5.74, 6) is 0.651. The Morgan fingerprint density at radius 1 is 1.50 bits per heavy atom. The SMILES string of the molecule is Cc1nc2c(c(=O)[nH]1)CN(c1ccnc(C#N)c1)CC2. The lowest BCUT2D eigenvalue weighted by atomic mass is 10.1. The van der Waals surface area contributed by atoms with Crippen LogP contribution in [0.25, 0.3) is 0 Å². The van der Waals surface area contributed by atoms with Crippen LogP contribution in [0.15, 0.2) is 23.1 Å². The highest BCUT2D eigenvalue weighted by Gasteiger charge is 2.21. The standard InChI is InChI=1S/C14H13N5O/c1-9-17-13-3-5-19(8-12(13)14(20)18-9)11-2-4-16-10(6-11)7-15/h2,4,6H,3,5,8H2,1H3,(H,17,18,20). The van der Waals surface area contributed by atoms with Crippen molar-refractivity contribution in [3.05, 3.63) is 51.5 Å². The smallest absolute Gasteiger partial charge is 0.256 e. The Hall–Kier alpha value is -2.68. The zero-order chi connectivity index (χ0) is 14.1. The van der Waals surface area contributed by atoms with E-state index in [0.717, 1.165) is 24.3 Å². The van der Waals surface area contributed by atoms with E-state index in [0.29, 0.717) is 23.6 Å². The number of nitriles is 1. The van der Waals surface area contributed by atoms with Gasteiger partial charge in [0.2, 0.25) is 0 Å². The van der Waals surface area contributed by atoms with Crippen LogP contribution in [0, 0.1) is 18.3 Å². The van der Waals surface area contributed by atoms with Gasteiger partial charge in [0, 0.05) is 24.8 Å². The maximum absolute atomic E-state index is 12.0. The molecule has 0 radical (unpaired) electrons. The van der Waals surface area contributed by atoms with Crippen molar-refractivity contribution in [2.45, 2.75) is 19.9 Å². The average Bonchev–Trinajstić information content (AvgIpc) is 2.47. The van der Waals surface area contributed by atoms with Gasteiger partial charge in [-0.15, -0.1) is 0 Å². The van der Waals surface area contributed by atoms with Gasteiger partial charge in [-0.2, -0.15) is 5.26 Å². The molecule has 0 spiro atoms. The predicted molar refractivity (Wildman–Crippen MR) is 73.3 cm³/mol. The normalized spacial score (nSPS) is 13.7. The van der Waals surface area contributed by atoms with Crippen molar-refractivity contribution in [2.75, 3.05) is 11.4 Å². The molecule has 6 nitrogen and oxygen atoms in total. The van der Waals surface area contributed by atoms with Crippen LogP contribution in [0.3, 0.4) is 0 Å². The largest absolute Gasteiger partial charge is 0.366 e. The number of H-pyrrole nitrogens is 1. The third-order valence-corrected chi connectivity index (χ3v) is 3.41. The fourth-order valence-electron chi connectivity index (χ4n) is 2.45. The summed E-state index contributed by atoms with van der Waals surface area (Å²) in [5.41, 5.74) is 2.78. The molecule has 2 aromatic heterocycles. The average molecular weight is 267 g/mol. The van der Waals surface area contributed by atoms with Crippen molar-refractivity contribution < 1.29 is 0 Å². The molecule has 0 bridgehead atoms. The summed E-state index contributed by atoms with van der Waals surface area (Å²) in [7, 11) is 0. The number of anilines is 1. The molecule has 0 saturated carbocycles. The van der Waals surface area contributed by atoms with Crippen LogP contribution >= 0.6 is 0 Å². The highest BCUT2D eigenvalue weighted by molar-refractivity contribution is 5.50. The second-order valence-corrected chi connectivity index (χ2v) is 4.76. The zero-order valence-corrected chi connectivity index (χ0v) is 11.1. The van der Waals surface area contributed by atoms with Crippen LogP contribution in [0.2, 0.25) is 0 Å². The monoisotopic (exact) mass is 267 g/mol. The second kappa shape index (κ2) is 4.78. The third-order valence-electron chi connectivity index (χ3n) is 3.41. The van der Waals surface area contributed by atoms with E-state index in [1.807, 2.05) is 12.1 Å². The zero-order valence-electron chi connectivity index (χ0n) is 11.1. The number of nitrogens with zero attached hydrogens (tertiary/aromatic N) is 4. The van der Waals surface area contributed by atoms with Gasteiger partial charge in [-0.1, -0.05) is 0 Å². The van der Waals surface area contributed by atoms with Gasteiger partial charge >= 0.3 is 0 Å². The van der Waals surface area contributed by atoms with Crippen molar-refractivity contribution in [1.29, 1.82) is 5.26 Å². The van der Waals surface area contributed by atoms with Gasteiger partial charge in [0.25, 0.3) is 5.56 Å². The summed E-state index contributed by atoms with van der Waals surface area (Å²) in [6, 6.07) is 5.61. The summed E-state index contributed by atoms with van der Waals surface area (Å²) in [6.07, 6.45) is 2.34.